The summed E-state index contributed by atoms with van der Waals surface area (Å²) in [6, 6.07) is 15.8. The molecular formula is C19H21N3O2. The molecule has 0 saturated carbocycles. The molecule has 5 nitrogen and oxygen atoms in total. The zero-order valence-corrected chi connectivity index (χ0v) is 13.9. The molecule has 1 aromatic heterocycles. The monoisotopic (exact) mass is 323 g/mol. The first-order valence-corrected chi connectivity index (χ1v) is 8.03. The van der Waals surface area contributed by atoms with Gasteiger partial charge in [-0.3, -0.25) is 4.79 Å². The Labute approximate surface area is 141 Å². The minimum Gasteiger partial charge on any atom is -0.492 e. The average molecular weight is 323 g/mol. The fraction of sp³-hybridized carbons (Fsp3) is 0.263. The molecule has 2 aromatic carbocycles. The van der Waals surface area contributed by atoms with Crippen LogP contribution in [-0.2, 0) is 11.3 Å². The number of ether oxygens (including phenoxy) is 1. The van der Waals surface area contributed by atoms with Gasteiger partial charge in [-0.05, 0) is 43.7 Å². The van der Waals surface area contributed by atoms with Crippen molar-refractivity contribution in [2.24, 2.45) is 0 Å². The van der Waals surface area contributed by atoms with E-state index in [0.29, 0.717) is 19.6 Å². The Bertz CT molecular complexity index is 841. The van der Waals surface area contributed by atoms with Gasteiger partial charge in [-0.15, -0.1) is 0 Å². The number of amides is 1. The largest absolute Gasteiger partial charge is 0.492 e. The number of hydrogen-bond donors (Lipinski definition) is 1. The normalized spacial score (nSPS) is 12.1. The van der Waals surface area contributed by atoms with Crippen molar-refractivity contribution in [3.63, 3.8) is 0 Å². The van der Waals surface area contributed by atoms with E-state index in [-0.39, 0.29) is 6.04 Å². The number of carbonyl (C=O) groups excluding carboxylic acids is 1. The fourth-order valence-corrected chi connectivity index (χ4v) is 2.80. The number of fused-ring (bicyclic) bond motifs is 1. The Morgan fingerprint density at radius 2 is 2.08 bits per heavy atom. The lowest BCUT2D eigenvalue weighted by atomic mass is 10.2. The number of nitrogens with one attached hydrogen (secondary N) is 1. The maximum atomic E-state index is 10.8. The van der Waals surface area contributed by atoms with Crippen molar-refractivity contribution in [2.75, 3.05) is 6.61 Å². The number of carbonyl (C=O) groups is 1. The standard InChI is InChI=1S/C19H21N3O2/c1-14-6-5-7-16(12-14)24-11-10-22-18-9-4-3-8-17(18)21-19(22)15(2)20-13-23/h3-9,12-13,15H,10-11H2,1-2H3,(H,20,23). The summed E-state index contributed by atoms with van der Waals surface area (Å²) in [5.41, 5.74) is 3.13. The highest BCUT2D eigenvalue weighted by Crippen LogP contribution is 2.21. The first kappa shape index (κ1) is 16.1. The molecule has 1 amide bonds. The van der Waals surface area contributed by atoms with Crippen LogP contribution in [0.25, 0.3) is 11.0 Å². The summed E-state index contributed by atoms with van der Waals surface area (Å²) in [4.78, 5) is 15.4. The zero-order valence-electron chi connectivity index (χ0n) is 13.9. The van der Waals surface area contributed by atoms with Crippen LogP contribution in [0.2, 0.25) is 0 Å². The molecule has 0 spiro atoms. The number of para-hydroxylation sites is 2. The molecule has 0 aliphatic heterocycles. The summed E-state index contributed by atoms with van der Waals surface area (Å²) in [5.74, 6) is 1.69. The first-order valence-electron chi connectivity index (χ1n) is 8.03. The first-order chi connectivity index (χ1) is 11.7. The number of rotatable bonds is 7. The molecule has 124 valence electrons. The van der Waals surface area contributed by atoms with Gasteiger partial charge in [-0.1, -0.05) is 24.3 Å². The van der Waals surface area contributed by atoms with E-state index in [1.165, 1.54) is 5.56 Å². The van der Waals surface area contributed by atoms with Crippen molar-refractivity contribution < 1.29 is 9.53 Å². The number of aromatic nitrogens is 2. The van der Waals surface area contributed by atoms with E-state index in [9.17, 15) is 4.79 Å². The summed E-state index contributed by atoms with van der Waals surface area (Å²) >= 11 is 0. The Balaban J connectivity index is 1.81. The van der Waals surface area contributed by atoms with Gasteiger partial charge in [-0.2, -0.15) is 0 Å². The van der Waals surface area contributed by atoms with Gasteiger partial charge in [0.05, 0.1) is 23.6 Å². The summed E-state index contributed by atoms with van der Waals surface area (Å²) < 4.78 is 7.97. The van der Waals surface area contributed by atoms with Crippen LogP contribution in [0.4, 0.5) is 0 Å². The SMILES string of the molecule is Cc1cccc(OCCn2c(C(C)NC=O)nc3ccccc32)c1. The Hall–Kier alpha value is -2.82. The lowest BCUT2D eigenvalue weighted by molar-refractivity contribution is -0.110. The van der Waals surface area contributed by atoms with Crippen LogP contribution in [0.15, 0.2) is 48.5 Å². The highest BCUT2D eigenvalue weighted by atomic mass is 16.5. The third-order valence-corrected chi connectivity index (χ3v) is 3.96. The fourth-order valence-electron chi connectivity index (χ4n) is 2.80. The number of hydrogen-bond acceptors (Lipinski definition) is 3. The number of benzene rings is 2. The predicted molar refractivity (Wildman–Crippen MR) is 94.0 cm³/mol. The van der Waals surface area contributed by atoms with E-state index in [2.05, 4.69) is 14.9 Å². The Morgan fingerprint density at radius 3 is 2.88 bits per heavy atom. The van der Waals surface area contributed by atoms with Crippen LogP contribution in [0.5, 0.6) is 5.75 Å². The molecule has 24 heavy (non-hydrogen) atoms. The summed E-state index contributed by atoms with van der Waals surface area (Å²) in [6.07, 6.45) is 0.706. The van der Waals surface area contributed by atoms with E-state index in [4.69, 9.17) is 4.74 Å². The van der Waals surface area contributed by atoms with Crippen molar-refractivity contribution in [1.29, 1.82) is 0 Å². The molecule has 5 heteroatoms. The third-order valence-electron chi connectivity index (χ3n) is 3.96. The van der Waals surface area contributed by atoms with Gasteiger partial charge in [0.1, 0.15) is 18.2 Å². The molecule has 0 aliphatic rings. The van der Waals surface area contributed by atoms with Crippen LogP contribution < -0.4 is 10.1 Å². The third kappa shape index (κ3) is 3.40. The van der Waals surface area contributed by atoms with Gasteiger partial charge in [-0.25, -0.2) is 4.98 Å². The minimum absolute atomic E-state index is 0.158. The van der Waals surface area contributed by atoms with Gasteiger partial charge in [0.25, 0.3) is 0 Å². The second-order valence-electron chi connectivity index (χ2n) is 5.78. The van der Waals surface area contributed by atoms with E-state index < -0.39 is 0 Å². The van der Waals surface area contributed by atoms with Crippen LogP contribution in [0.3, 0.4) is 0 Å². The molecule has 1 atom stereocenters. The lowest BCUT2D eigenvalue weighted by Crippen LogP contribution is -2.21. The van der Waals surface area contributed by atoms with Crippen molar-refractivity contribution in [2.45, 2.75) is 26.4 Å². The van der Waals surface area contributed by atoms with E-state index in [1.807, 2.05) is 62.4 Å². The minimum atomic E-state index is -0.158. The average Bonchev–Trinajstić information content (AvgIpc) is 2.94. The molecule has 0 fully saturated rings. The summed E-state index contributed by atoms with van der Waals surface area (Å²) in [6.45, 7) is 5.16. The lowest BCUT2D eigenvalue weighted by Gasteiger charge is -2.14. The number of imidazole rings is 1. The van der Waals surface area contributed by atoms with Gasteiger partial charge in [0, 0.05) is 0 Å². The molecule has 3 rings (SSSR count). The van der Waals surface area contributed by atoms with E-state index >= 15 is 0 Å². The molecule has 1 unspecified atom stereocenters. The van der Waals surface area contributed by atoms with Crippen LogP contribution >= 0.6 is 0 Å². The molecule has 3 aromatic rings. The zero-order chi connectivity index (χ0) is 16.9. The topological polar surface area (TPSA) is 56.1 Å². The summed E-state index contributed by atoms with van der Waals surface area (Å²) in [5, 5.41) is 2.77. The van der Waals surface area contributed by atoms with Crippen molar-refractivity contribution >= 4 is 17.4 Å². The molecule has 0 aliphatic carbocycles. The van der Waals surface area contributed by atoms with Crippen molar-refractivity contribution in [1.82, 2.24) is 14.9 Å². The molecule has 0 saturated heterocycles. The predicted octanol–water partition coefficient (Wildman–Crippen LogP) is 3.23. The van der Waals surface area contributed by atoms with Crippen LogP contribution in [0, 0.1) is 6.92 Å². The smallest absolute Gasteiger partial charge is 0.207 e. The van der Waals surface area contributed by atoms with Gasteiger partial charge >= 0.3 is 0 Å². The Kier molecular flexibility index (Phi) is 4.79. The Morgan fingerprint density at radius 1 is 1.25 bits per heavy atom. The maximum Gasteiger partial charge on any atom is 0.207 e. The van der Waals surface area contributed by atoms with Crippen LogP contribution in [-0.4, -0.2) is 22.6 Å². The molecule has 1 N–H and O–H groups in total. The highest BCUT2D eigenvalue weighted by Gasteiger charge is 2.15. The molecule has 0 bridgehead atoms. The maximum absolute atomic E-state index is 10.8. The van der Waals surface area contributed by atoms with E-state index in [0.717, 1.165) is 22.6 Å². The highest BCUT2D eigenvalue weighted by molar-refractivity contribution is 5.76. The second-order valence-corrected chi connectivity index (χ2v) is 5.78. The number of nitrogens with zero attached hydrogens (tertiary/aromatic N) is 2. The molecular weight excluding hydrogens is 302 g/mol. The van der Waals surface area contributed by atoms with Gasteiger partial charge in [0.15, 0.2) is 0 Å². The summed E-state index contributed by atoms with van der Waals surface area (Å²) in [7, 11) is 0. The van der Waals surface area contributed by atoms with Gasteiger partial charge in [0.2, 0.25) is 6.41 Å². The van der Waals surface area contributed by atoms with Crippen molar-refractivity contribution in [3.05, 3.63) is 59.9 Å². The quantitative estimate of drug-likeness (QED) is 0.679. The molecule has 0 radical (unpaired) electrons. The van der Waals surface area contributed by atoms with Gasteiger partial charge < -0.3 is 14.6 Å². The molecule has 1 heterocycles. The van der Waals surface area contributed by atoms with Crippen LogP contribution in [0.1, 0.15) is 24.4 Å². The van der Waals surface area contributed by atoms with E-state index in [1.54, 1.807) is 0 Å². The van der Waals surface area contributed by atoms with Crippen molar-refractivity contribution in [3.8, 4) is 5.75 Å². The number of aryl methyl sites for hydroxylation is 1. The second kappa shape index (κ2) is 7.17.